The van der Waals surface area contributed by atoms with Gasteiger partial charge < -0.3 is 10.1 Å². The topological polar surface area (TPSA) is 81.5 Å². The van der Waals surface area contributed by atoms with E-state index in [1.807, 2.05) is 6.07 Å². The van der Waals surface area contributed by atoms with Crippen LogP contribution in [0.4, 0.5) is 5.69 Å². The van der Waals surface area contributed by atoms with Crippen LogP contribution in [0, 0.1) is 17.0 Å². The van der Waals surface area contributed by atoms with Crippen molar-refractivity contribution in [2.75, 3.05) is 6.61 Å². The van der Waals surface area contributed by atoms with Crippen molar-refractivity contribution in [3.63, 3.8) is 0 Å². The molecule has 0 spiro atoms. The SMILES string of the molecule is Cc1ccc(OCC(=O)NCc2ccccc2Cl)c([N+](=O)[O-])c1. The van der Waals surface area contributed by atoms with E-state index in [1.54, 1.807) is 31.2 Å². The highest BCUT2D eigenvalue weighted by Gasteiger charge is 2.16. The summed E-state index contributed by atoms with van der Waals surface area (Å²) in [6.45, 7) is 1.69. The lowest BCUT2D eigenvalue weighted by molar-refractivity contribution is -0.385. The van der Waals surface area contributed by atoms with Crippen molar-refractivity contribution in [2.24, 2.45) is 0 Å². The largest absolute Gasteiger partial charge is 0.477 e. The van der Waals surface area contributed by atoms with Gasteiger partial charge in [-0.15, -0.1) is 0 Å². The molecule has 0 aromatic heterocycles. The number of carbonyl (C=O) groups excluding carboxylic acids is 1. The minimum Gasteiger partial charge on any atom is -0.477 e. The molecule has 0 aliphatic carbocycles. The first kappa shape index (κ1) is 16.8. The molecule has 2 aromatic carbocycles. The Labute approximate surface area is 138 Å². The number of benzene rings is 2. The molecule has 0 fully saturated rings. The number of hydrogen-bond donors (Lipinski definition) is 1. The van der Waals surface area contributed by atoms with Crippen LogP contribution in [0.25, 0.3) is 0 Å². The van der Waals surface area contributed by atoms with E-state index >= 15 is 0 Å². The fraction of sp³-hybridized carbons (Fsp3) is 0.188. The van der Waals surface area contributed by atoms with Crippen molar-refractivity contribution in [2.45, 2.75) is 13.5 Å². The summed E-state index contributed by atoms with van der Waals surface area (Å²) in [7, 11) is 0. The maximum atomic E-state index is 11.8. The lowest BCUT2D eigenvalue weighted by Gasteiger charge is -2.09. The molecule has 1 N–H and O–H groups in total. The molecule has 2 aromatic rings. The second kappa shape index (κ2) is 7.60. The van der Waals surface area contributed by atoms with Crippen LogP contribution in [-0.4, -0.2) is 17.4 Å². The predicted octanol–water partition coefficient (Wildman–Crippen LogP) is 3.25. The lowest BCUT2D eigenvalue weighted by Crippen LogP contribution is -2.28. The van der Waals surface area contributed by atoms with Gasteiger partial charge in [0.2, 0.25) is 0 Å². The number of rotatable bonds is 6. The van der Waals surface area contributed by atoms with E-state index in [4.69, 9.17) is 16.3 Å². The molecule has 120 valence electrons. The Morgan fingerprint density at radius 1 is 1.30 bits per heavy atom. The fourth-order valence-corrected chi connectivity index (χ4v) is 2.12. The minimum atomic E-state index is -0.538. The van der Waals surface area contributed by atoms with Crippen molar-refractivity contribution in [3.8, 4) is 5.75 Å². The quantitative estimate of drug-likeness (QED) is 0.649. The molecule has 0 aliphatic rings. The van der Waals surface area contributed by atoms with Crippen LogP contribution < -0.4 is 10.1 Å². The zero-order chi connectivity index (χ0) is 16.8. The molecule has 0 aliphatic heterocycles. The Morgan fingerprint density at radius 2 is 2.04 bits per heavy atom. The van der Waals surface area contributed by atoms with E-state index in [9.17, 15) is 14.9 Å². The molecule has 1 amide bonds. The molecular formula is C16H15ClN2O4. The lowest BCUT2D eigenvalue weighted by atomic mass is 10.2. The second-order valence-corrected chi connectivity index (χ2v) is 5.29. The number of nitrogens with one attached hydrogen (secondary N) is 1. The highest BCUT2D eigenvalue weighted by atomic mass is 35.5. The van der Waals surface area contributed by atoms with E-state index in [0.29, 0.717) is 5.02 Å². The molecule has 7 heteroatoms. The molecule has 0 heterocycles. The van der Waals surface area contributed by atoms with E-state index in [2.05, 4.69) is 5.32 Å². The molecule has 0 bridgehead atoms. The van der Waals surface area contributed by atoms with Gasteiger partial charge in [-0.05, 0) is 30.2 Å². The summed E-state index contributed by atoms with van der Waals surface area (Å²) in [6, 6.07) is 11.7. The van der Waals surface area contributed by atoms with Gasteiger partial charge in [0.05, 0.1) is 4.92 Å². The first-order valence-corrected chi connectivity index (χ1v) is 7.23. The molecule has 0 saturated carbocycles. The van der Waals surface area contributed by atoms with E-state index in [0.717, 1.165) is 11.1 Å². The first-order valence-electron chi connectivity index (χ1n) is 6.85. The maximum absolute atomic E-state index is 11.8. The van der Waals surface area contributed by atoms with Crippen LogP contribution in [-0.2, 0) is 11.3 Å². The van der Waals surface area contributed by atoms with Crippen LogP contribution in [0.2, 0.25) is 5.02 Å². The van der Waals surface area contributed by atoms with Gasteiger partial charge in [-0.1, -0.05) is 35.9 Å². The number of halogens is 1. The Kier molecular flexibility index (Phi) is 5.54. The number of amides is 1. The molecule has 0 unspecified atom stereocenters. The van der Waals surface area contributed by atoms with Crippen molar-refractivity contribution in [3.05, 3.63) is 68.7 Å². The number of aryl methyl sites for hydroxylation is 1. The second-order valence-electron chi connectivity index (χ2n) is 4.89. The monoisotopic (exact) mass is 334 g/mol. The summed E-state index contributed by atoms with van der Waals surface area (Å²) in [5.41, 5.74) is 1.36. The number of ether oxygens (including phenoxy) is 1. The Balaban J connectivity index is 1.92. The minimum absolute atomic E-state index is 0.0634. The Hall–Kier alpha value is -2.60. The van der Waals surface area contributed by atoms with Gasteiger partial charge in [-0.25, -0.2) is 0 Å². The fourth-order valence-electron chi connectivity index (χ4n) is 1.92. The van der Waals surface area contributed by atoms with E-state index < -0.39 is 4.92 Å². The average Bonchev–Trinajstić information content (AvgIpc) is 2.52. The highest BCUT2D eigenvalue weighted by Crippen LogP contribution is 2.27. The Morgan fingerprint density at radius 3 is 2.74 bits per heavy atom. The maximum Gasteiger partial charge on any atom is 0.311 e. The van der Waals surface area contributed by atoms with E-state index in [1.165, 1.54) is 12.1 Å². The van der Waals surface area contributed by atoms with Gasteiger partial charge in [0.25, 0.3) is 5.91 Å². The summed E-state index contributed by atoms with van der Waals surface area (Å²) in [4.78, 5) is 22.2. The number of hydrogen-bond acceptors (Lipinski definition) is 4. The number of nitro groups is 1. The third kappa shape index (κ3) is 4.69. The Bertz CT molecular complexity index is 734. The molecular weight excluding hydrogens is 320 g/mol. The van der Waals surface area contributed by atoms with Crippen molar-refractivity contribution < 1.29 is 14.5 Å². The van der Waals surface area contributed by atoms with E-state index in [-0.39, 0.29) is 30.5 Å². The van der Waals surface area contributed by atoms with Gasteiger partial charge in [-0.3, -0.25) is 14.9 Å². The summed E-state index contributed by atoms with van der Waals surface area (Å²) in [5.74, 6) is -0.326. The van der Waals surface area contributed by atoms with Crippen molar-refractivity contribution >= 4 is 23.2 Å². The molecule has 6 nitrogen and oxygen atoms in total. The van der Waals surface area contributed by atoms with Gasteiger partial charge in [0.1, 0.15) is 0 Å². The van der Waals surface area contributed by atoms with Gasteiger partial charge in [0.15, 0.2) is 12.4 Å². The number of carbonyl (C=O) groups is 1. The van der Waals surface area contributed by atoms with Crippen LogP contribution in [0.5, 0.6) is 5.75 Å². The molecule has 0 radical (unpaired) electrons. The van der Waals surface area contributed by atoms with Crippen LogP contribution in [0.3, 0.4) is 0 Å². The van der Waals surface area contributed by atoms with Gasteiger partial charge in [-0.2, -0.15) is 0 Å². The summed E-state index contributed by atoms with van der Waals surface area (Å²) < 4.78 is 5.25. The van der Waals surface area contributed by atoms with Crippen molar-refractivity contribution in [1.82, 2.24) is 5.32 Å². The number of nitro benzene ring substituents is 1. The predicted molar refractivity (Wildman–Crippen MR) is 86.6 cm³/mol. The summed E-state index contributed by atoms with van der Waals surface area (Å²) >= 11 is 5.99. The average molecular weight is 335 g/mol. The molecule has 0 atom stereocenters. The highest BCUT2D eigenvalue weighted by molar-refractivity contribution is 6.31. The van der Waals surface area contributed by atoms with Crippen LogP contribution >= 0.6 is 11.6 Å². The zero-order valence-electron chi connectivity index (χ0n) is 12.4. The molecule has 23 heavy (non-hydrogen) atoms. The van der Waals surface area contributed by atoms with Crippen molar-refractivity contribution in [1.29, 1.82) is 0 Å². The number of nitrogens with zero attached hydrogens (tertiary/aromatic N) is 1. The van der Waals surface area contributed by atoms with Crippen LogP contribution in [0.15, 0.2) is 42.5 Å². The summed E-state index contributed by atoms with van der Waals surface area (Å²) in [6.07, 6.45) is 0. The third-order valence-electron chi connectivity index (χ3n) is 3.10. The third-order valence-corrected chi connectivity index (χ3v) is 3.47. The van der Waals surface area contributed by atoms with Crippen LogP contribution in [0.1, 0.15) is 11.1 Å². The normalized spacial score (nSPS) is 10.2. The standard InChI is InChI=1S/C16H15ClN2O4/c1-11-6-7-15(14(8-11)19(21)22)23-10-16(20)18-9-12-4-2-3-5-13(12)17/h2-8H,9-10H2,1H3,(H,18,20). The first-order chi connectivity index (χ1) is 11.0. The zero-order valence-corrected chi connectivity index (χ0v) is 13.2. The molecule has 0 saturated heterocycles. The smallest absolute Gasteiger partial charge is 0.311 e. The van der Waals surface area contributed by atoms with Gasteiger partial charge in [0, 0.05) is 17.6 Å². The summed E-state index contributed by atoms with van der Waals surface area (Å²) in [5, 5.41) is 14.2. The van der Waals surface area contributed by atoms with Gasteiger partial charge >= 0.3 is 5.69 Å². The molecule has 2 rings (SSSR count).